The number of carbonyl (C=O) groups is 3. The van der Waals surface area contributed by atoms with Crippen LogP contribution in [0, 0.1) is 10.8 Å². The van der Waals surface area contributed by atoms with Crippen molar-refractivity contribution in [1.82, 2.24) is 4.90 Å². The minimum absolute atomic E-state index is 0.0304. The van der Waals surface area contributed by atoms with Crippen molar-refractivity contribution < 1.29 is 24.2 Å². The van der Waals surface area contributed by atoms with Crippen molar-refractivity contribution in [1.29, 1.82) is 0 Å². The van der Waals surface area contributed by atoms with Crippen LogP contribution in [0.15, 0.2) is 89.3 Å². The maximum atomic E-state index is 14.0. The van der Waals surface area contributed by atoms with E-state index in [2.05, 4.69) is 52.0 Å². The Morgan fingerprint density at radius 1 is 0.837 bits per heavy atom. The van der Waals surface area contributed by atoms with Crippen LogP contribution in [0.1, 0.15) is 76.8 Å². The lowest BCUT2D eigenvalue weighted by atomic mass is 9.63. The van der Waals surface area contributed by atoms with E-state index < -0.39 is 11.9 Å². The molecule has 1 aliphatic heterocycles. The number of ketones is 2. The molecule has 0 saturated carbocycles. The highest BCUT2D eigenvalue weighted by atomic mass is 16.5. The Morgan fingerprint density at radius 3 is 2.09 bits per heavy atom. The number of rotatable bonds is 7. The second-order valence-electron chi connectivity index (χ2n) is 13.8. The number of hydrogen-bond donors (Lipinski definition) is 1. The minimum atomic E-state index is -0.898. The number of carboxylic acids is 1. The van der Waals surface area contributed by atoms with E-state index in [4.69, 9.17) is 4.74 Å². The van der Waals surface area contributed by atoms with Gasteiger partial charge >= 0.3 is 5.97 Å². The predicted octanol–water partition coefficient (Wildman–Crippen LogP) is 7.58. The molecule has 6 nitrogen and oxygen atoms in total. The summed E-state index contributed by atoms with van der Waals surface area (Å²) in [5.41, 5.74) is 4.44. The SMILES string of the molecule is CC1(C)CC(=O)C2=C(C1)N(CCC(=O)O)C1=C(C(=O)CC(C)(C)C1)C2c1cccc(OCc2cccc3ccccc23)c1. The van der Waals surface area contributed by atoms with Crippen LogP contribution in [0.2, 0.25) is 0 Å². The molecule has 1 heterocycles. The van der Waals surface area contributed by atoms with Gasteiger partial charge < -0.3 is 14.7 Å². The standard InChI is InChI=1S/C37H39NO5/c1-36(2)18-28-34(30(39)20-36)33(35-29(38(28)16-15-32(41)42)19-37(3,4)21-31(35)40)24-11-8-13-26(17-24)43-22-25-12-7-10-23-9-5-6-14-27(23)25/h5-14,17,33H,15-16,18-22H2,1-4H3,(H,41,42). The van der Waals surface area contributed by atoms with Crippen LogP contribution in [-0.4, -0.2) is 34.1 Å². The van der Waals surface area contributed by atoms with Gasteiger partial charge in [-0.2, -0.15) is 0 Å². The van der Waals surface area contributed by atoms with Gasteiger partial charge in [0.05, 0.1) is 6.42 Å². The zero-order valence-electron chi connectivity index (χ0n) is 25.4. The van der Waals surface area contributed by atoms with Crippen molar-refractivity contribution in [3.8, 4) is 5.75 Å². The van der Waals surface area contributed by atoms with E-state index in [1.807, 2.05) is 47.4 Å². The molecule has 0 spiro atoms. The second-order valence-corrected chi connectivity index (χ2v) is 13.8. The number of fused-ring (bicyclic) bond motifs is 1. The lowest BCUT2D eigenvalue weighted by Crippen LogP contribution is -2.45. The zero-order valence-corrected chi connectivity index (χ0v) is 25.4. The van der Waals surface area contributed by atoms with E-state index in [1.54, 1.807) is 0 Å². The molecule has 0 fully saturated rings. The quantitative estimate of drug-likeness (QED) is 0.312. The Hall–Kier alpha value is -4.19. The largest absolute Gasteiger partial charge is 0.489 e. The van der Waals surface area contributed by atoms with Gasteiger partial charge in [-0.1, -0.05) is 82.3 Å². The summed E-state index contributed by atoms with van der Waals surface area (Å²) in [4.78, 5) is 41.7. The molecule has 0 radical (unpaired) electrons. The van der Waals surface area contributed by atoms with Gasteiger partial charge in [-0.15, -0.1) is 0 Å². The summed E-state index contributed by atoms with van der Waals surface area (Å²) < 4.78 is 6.33. The van der Waals surface area contributed by atoms with E-state index in [0.717, 1.165) is 33.3 Å². The maximum Gasteiger partial charge on any atom is 0.305 e. The van der Waals surface area contributed by atoms with Gasteiger partial charge in [0.2, 0.25) is 0 Å². The van der Waals surface area contributed by atoms with Crippen LogP contribution in [0.4, 0.5) is 0 Å². The highest BCUT2D eigenvalue weighted by Crippen LogP contribution is 2.54. The van der Waals surface area contributed by atoms with E-state index in [0.29, 0.717) is 49.2 Å². The summed E-state index contributed by atoms with van der Waals surface area (Å²) in [7, 11) is 0. The first kappa shape index (κ1) is 28.9. The Kier molecular flexibility index (Phi) is 7.27. The Balaban J connectivity index is 1.44. The fraction of sp³-hybridized carbons (Fsp3) is 0.378. The number of allylic oxidation sites excluding steroid dienone is 4. The lowest BCUT2D eigenvalue weighted by molar-refractivity contribution is -0.137. The first-order chi connectivity index (χ1) is 20.4. The van der Waals surface area contributed by atoms with Crippen molar-refractivity contribution >= 4 is 28.3 Å². The number of benzene rings is 3. The molecule has 3 aromatic rings. The van der Waals surface area contributed by atoms with Crippen molar-refractivity contribution in [2.75, 3.05) is 6.54 Å². The number of carbonyl (C=O) groups excluding carboxylic acids is 2. The summed E-state index contributed by atoms with van der Waals surface area (Å²) in [6, 6.07) is 22.2. The van der Waals surface area contributed by atoms with E-state index in [9.17, 15) is 19.5 Å². The molecule has 3 aromatic carbocycles. The summed E-state index contributed by atoms with van der Waals surface area (Å²) in [6.45, 7) is 8.96. The van der Waals surface area contributed by atoms with Crippen molar-refractivity contribution in [2.24, 2.45) is 10.8 Å². The van der Waals surface area contributed by atoms with Crippen molar-refractivity contribution in [2.45, 2.75) is 72.3 Å². The van der Waals surface area contributed by atoms with Gasteiger partial charge in [0.1, 0.15) is 12.4 Å². The predicted molar refractivity (Wildman–Crippen MR) is 167 cm³/mol. The van der Waals surface area contributed by atoms with Crippen LogP contribution < -0.4 is 4.74 Å². The molecule has 0 amide bonds. The van der Waals surface area contributed by atoms with E-state index in [1.165, 1.54) is 0 Å². The fourth-order valence-corrected chi connectivity index (χ4v) is 7.22. The van der Waals surface area contributed by atoms with Crippen LogP contribution in [0.5, 0.6) is 5.75 Å². The number of ether oxygens (including phenoxy) is 1. The third-order valence-corrected chi connectivity index (χ3v) is 9.04. The molecule has 1 N–H and O–H groups in total. The molecule has 222 valence electrons. The number of aliphatic carboxylic acids is 1. The number of hydrogen-bond acceptors (Lipinski definition) is 5. The van der Waals surface area contributed by atoms with Gasteiger partial charge in [0.15, 0.2) is 11.6 Å². The summed E-state index contributed by atoms with van der Waals surface area (Å²) in [6.07, 6.45) is 1.99. The van der Waals surface area contributed by atoms with Crippen LogP contribution in [-0.2, 0) is 21.0 Å². The van der Waals surface area contributed by atoms with Gasteiger partial charge in [-0.05, 0) is 57.7 Å². The van der Waals surface area contributed by atoms with Gasteiger partial charge in [-0.25, -0.2) is 0 Å². The van der Waals surface area contributed by atoms with Gasteiger partial charge in [0, 0.05) is 47.8 Å². The summed E-state index contributed by atoms with van der Waals surface area (Å²) in [5.74, 6) is -0.662. The third-order valence-electron chi connectivity index (χ3n) is 9.04. The Bertz CT molecular complexity index is 1650. The maximum absolute atomic E-state index is 14.0. The monoisotopic (exact) mass is 577 g/mol. The molecule has 0 atom stereocenters. The molecule has 6 rings (SSSR count). The molecule has 0 unspecified atom stereocenters. The van der Waals surface area contributed by atoms with Crippen LogP contribution >= 0.6 is 0 Å². The molecule has 6 heteroatoms. The van der Waals surface area contributed by atoms with Gasteiger partial charge in [0.25, 0.3) is 0 Å². The Labute approximate surface area is 253 Å². The Morgan fingerprint density at radius 2 is 1.44 bits per heavy atom. The topological polar surface area (TPSA) is 83.9 Å². The molecule has 2 aliphatic carbocycles. The fourth-order valence-electron chi connectivity index (χ4n) is 7.22. The smallest absolute Gasteiger partial charge is 0.305 e. The molecule has 43 heavy (non-hydrogen) atoms. The highest BCUT2D eigenvalue weighted by Gasteiger charge is 2.49. The molecule has 0 aromatic heterocycles. The van der Waals surface area contributed by atoms with Gasteiger partial charge in [-0.3, -0.25) is 14.4 Å². The molecular weight excluding hydrogens is 538 g/mol. The van der Waals surface area contributed by atoms with Crippen LogP contribution in [0.25, 0.3) is 10.8 Å². The second kappa shape index (κ2) is 10.8. The number of Topliss-reactive ketones (excluding diaryl/α,β-unsaturated/α-hetero) is 2. The first-order valence-corrected chi connectivity index (χ1v) is 15.1. The molecule has 0 saturated heterocycles. The number of nitrogens with zero attached hydrogens (tertiary/aromatic N) is 1. The summed E-state index contributed by atoms with van der Waals surface area (Å²) >= 11 is 0. The van der Waals surface area contributed by atoms with Crippen molar-refractivity contribution in [3.63, 3.8) is 0 Å². The normalized spacial score (nSPS) is 19.9. The highest BCUT2D eigenvalue weighted by molar-refractivity contribution is 6.06. The van der Waals surface area contributed by atoms with Crippen LogP contribution in [0.3, 0.4) is 0 Å². The lowest BCUT2D eigenvalue weighted by Gasteiger charge is -2.49. The zero-order chi connectivity index (χ0) is 30.5. The first-order valence-electron chi connectivity index (χ1n) is 15.1. The third kappa shape index (κ3) is 5.63. The van der Waals surface area contributed by atoms with E-state index >= 15 is 0 Å². The number of carboxylic acid groups (broad SMARTS) is 1. The average Bonchev–Trinajstić information content (AvgIpc) is 2.93. The molecule has 0 bridgehead atoms. The average molecular weight is 578 g/mol. The molecule has 3 aliphatic rings. The summed E-state index contributed by atoms with van der Waals surface area (Å²) in [5, 5.41) is 11.9. The van der Waals surface area contributed by atoms with E-state index in [-0.39, 0.29) is 35.4 Å². The minimum Gasteiger partial charge on any atom is -0.489 e. The molecular formula is C37H39NO5. The van der Waals surface area contributed by atoms with Crippen molar-refractivity contribution in [3.05, 3.63) is 100 Å².